The Hall–Kier alpha value is -3.98. The number of thiazole rings is 1. The lowest BCUT2D eigenvalue weighted by molar-refractivity contribution is -0.132. The number of hydrogen-bond donors (Lipinski definition) is 1. The summed E-state index contributed by atoms with van der Waals surface area (Å²) in [6, 6.07) is 10.7. The van der Waals surface area contributed by atoms with Crippen molar-refractivity contribution in [1.82, 2.24) is 4.98 Å². The van der Waals surface area contributed by atoms with Crippen molar-refractivity contribution in [2.24, 2.45) is 0 Å². The topological polar surface area (TPSA) is 106 Å². The highest BCUT2D eigenvalue weighted by molar-refractivity contribution is 7.14. The smallest absolute Gasteiger partial charge is 0.337 e. The Labute approximate surface area is 199 Å². The van der Waals surface area contributed by atoms with Gasteiger partial charge >= 0.3 is 11.9 Å². The second-order valence-electron chi connectivity index (χ2n) is 8.05. The van der Waals surface area contributed by atoms with Crippen LogP contribution in [0.25, 0.3) is 5.76 Å². The molecule has 0 spiro atoms. The van der Waals surface area contributed by atoms with E-state index in [1.54, 1.807) is 54.0 Å². The highest BCUT2D eigenvalue weighted by atomic mass is 32.1. The number of aliphatic hydroxyl groups is 1. The number of carbonyl (C=O) groups is 3. The summed E-state index contributed by atoms with van der Waals surface area (Å²) in [6.07, 6.45) is 2.25. The van der Waals surface area contributed by atoms with E-state index in [0.717, 1.165) is 11.3 Å². The summed E-state index contributed by atoms with van der Waals surface area (Å²) in [5, 5.41) is 13.3. The number of fused-ring (bicyclic) bond motifs is 1. The molecule has 1 fully saturated rings. The van der Waals surface area contributed by atoms with E-state index in [1.165, 1.54) is 23.3 Å². The van der Waals surface area contributed by atoms with Gasteiger partial charge in [-0.25, -0.2) is 9.78 Å². The van der Waals surface area contributed by atoms with Gasteiger partial charge in [-0.2, -0.15) is 0 Å². The number of methoxy groups -OCH3 is 1. The number of amides is 1. The van der Waals surface area contributed by atoms with Crippen LogP contribution in [0, 0.1) is 0 Å². The van der Waals surface area contributed by atoms with Crippen molar-refractivity contribution in [3.63, 3.8) is 0 Å². The summed E-state index contributed by atoms with van der Waals surface area (Å²) >= 11 is 1.21. The van der Waals surface area contributed by atoms with E-state index < -0.39 is 23.7 Å². The number of anilines is 1. The van der Waals surface area contributed by atoms with Crippen LogP contribution in [0.2, 0.25) is 0 Å². The van der Waals surface area contributed by atoms with Gasteiger partial charge in [-0.05, 0) is 48.4 Å². The molecule has 1 amide bonds. The van der Waals surface area contributed by atoms with Crippen molar-refractivity contribution in [2.45, 2.75) is 25.5 Å². The molecule has 2 aliphatic rings. The normalized spacial score (nSPS) is 20.8. The van der Waals surface area contributed by atoms with Gasteiger partial charge in [-0.1, -0.05) is 12.1 Å². The first-order valence-corrected chi connectivity index (χ1v) is 11.5. The van der Waals surface area contributed by atoms with Crippen LogP contribution in [0.3, 0.4) is 0 Å². The van der Waals surface area contributed by atoms with E-state index in [2.05, 4.69) is 4.98 Å². The Morgan fingerprint density at radius 2 is 1.91 bits per heavy atom. The van der Waals surface area contributed by atoms with Gasteiger partial charge in [0.2, 0.25) is 0 Å². The SMILES string of the molecule is COC(=O)c1ccc(C2/C(=C(\O)c3ccc4c(c3)CC(C)O4)C(=O)C(=O)N2c2nccs2)cc1. The molecule has 9 heteroatoms. The van der Waals surface area contributed by atoms with E-state index in [1.807, 2.05) is 6.92 Å². The van der Waals surface area contributed by atoms with Crippen molar-refractivity contribution in [2.75, 3.05) is 12.0 Å². The zero-order valence-corrected chi connectivity index (χ0v) is 19.2. The fourth-order valence-corrected chi connectivity index (χ4v) is 4.99. The molecular weight excluding hydrogens is 456 g/mol. The van der Waals surface area contributed by atoms with Crippen LogP contribution < -0.4 is 9.64 Å². The third kappa shape index (κ3) is 3.54. The molecule has 34 heavy (non-hydrogen) atoms. The zero-order valence-electron chi connectivity index (χ0n) is 18.3. The predicted octanol–water partition coefficient (Wildman–Crippen LogP) is 3.88. The van der Waals surface area contributed by atoms with E-state index in [9.17, 15) is 19.5 Å². The minimum absolute atomic E-state index is 0.0243. The zero-order chi connectivity index (χ0) is 24.0. The van der Waals surface area contributed by atoms with Crippen molar-refractivity contribution in [3.05, 3.63) is 81.9 Å². The third-order valence-electron chi connectivity index (χ3n) is 5.89. The maximum atomic E-state index is 13.2. The first-order chi connectivity index (χ1) is 16.4. The van der Waals surface area contributed by atoms with Gasteiger partial charge in [0.1, 0.15) is 17.6 Å². The molecular formula is C25H20N2O6S. The van der Waals surface area contributed by atoms with E-state index in [-0.39, 0.29) is 17.4 Å². The lowest BCUT2D eigenvalue weighted by Gasteiger charge is -2.23. The van der Waals surface area contributed by atoms with Crippen molar-refractivity contribution in [1.29, 1.82) is 0 Å². The highest BCUT2D eigenvalue weighted by Crippen LogP contribution is 2.43. The molecule has 8 nitrogen and oxygen atoms in total. The molecule has 0 bridgehead atoms. The van der Waals surface area contributed by atoms with Gasteiger partial charge in [-0.3, -0.25) is 14.5 Å². The van der Waals surface area contributed by atoms with Crippen LogP contribution in [-0.2, 0) is 20.7 Å². The number of hydrogen-bond acceptors (Lipinski definition) is 8. The average molecular weight is 477 g/mol. The fraction of sp³-hybridized carbons (Fsp3) is 0.200. The van der Waals surface area contributed by atoms with E-state index >= 15 is 0 Å². The van der Waals surface area contributed by atoms with Gasteiger partial charge in [0.25, 0.3) is 5.78 Å². The van der Waals surface area contributed by atoms with Crippen LogP contribution >= 0.6 is 11.3 Å². The number of Topliss-reactive ketones (excluding diaryl/α,β-unsaturated/α-hetero) is 1. The number of esters is 1. The maximum absolute atomic E-state index is 13.2. The molecule has 2 aromatic carbocycles. The molecule has 172 valence electrons. The van der Waals surface area contributed by atoms with Crippen molar-refractivity contribution >= 4 is 39.9 Å². The van der Waals surface area contributed by atoms with Crippen LogP contribution in [-0.4, -0.2) is 41.0 Å². The first kappa shape index (κ1) is 21.8. The maximum Gasteiger partial charge on any atom is 0.337 e. The highest BCUT2D eigenvalue weighted by Gasteiger charge is 2.48. The van der Waals surface area contributed by atoms with Gasteiger partial charge in [0.15, 0.2) is 5.13 Å². The number of ketones is 1. The lowest BCUT2D eigenvalue weighted by Crippen LogP contribution is -2.29. The van der Waals surface area contributed by atoms with Gasteiger partial charge in [0.05, 0.1) is 24.3 Å². The molecule has 1 N–H and O–H groups in total. The minimum atomic E-state index is -0.915. The molecule has 0 saturated carbocycles. The number of benzene rings is 2. The molecule has 3 heterocycles. The second-order valence-corrected chi connectivity index (χ2v) is 8.93. The molecule has 2 atom stereocenters. The minimum Gasteiger partial charge on any atom is -0.507 e. The number of aromatic nitrogens is 1. The molecule has 5 rings (SSSR count). The largest absolute Gasteiger partial charge is 0.507 e. The predicted molar refractivity (Wildman–Crippen MR) is 125 cm³/mol. The van der Waals surface area contributed by atoms with Crippen LogP contribution in [0.15, 0.2) is 59.6 Å². The summed E-state index contributed by atoms with van der Waals surface area (Å²) in [7, 11) is 1.29. The number of ether oxygens (including phenoxy) is 2. The second kappa shape index (κ2) is 8.42. The molecule has 1 aromatic heterocycles. The fourth-order valence-electron chi connectivity index (χ4n) is 4.32. The molecule has 1 saturated heterocycles. The molecule has 0 aliphatic carbocycles. The van der Waals surface area contributed by atoms with Gasteiger partial charge in [0, 0.05) is 23.6 Å². The molecule has 2 aliphatic heterocycles. The summed E-state index contributed by atoms with van der Waals surface area (Å²) in [5.41, 5.74) is 2.17. The lowest BCUT2D eigenvalue weighted by atomic mass is 9.94. The van der Waals surface area contributed by atoms with Crippen LogP contribution in [0.5, 0.6) is 5.75 Å². The van der Waals surface area contributed by atoms with E-state index in [4.69, 9.17) is 9.47 Å². The van der Waals surface area contributed by atoms with Crippen LogP contribution in [0.1, 0.15) is 40.0 Å². The average Bonchev–Trinajstić information content (AvgIpc) is 3.56. The Bertz CT molecular complexity index is 1330. The molecule has 2 unspecified atom stereocenters. The number of carbonyl (C=O) groups excluding carboxylic acids is 3. The standard InChI is InChI=1S/C25H20N2O6S/c1-13-11-17-12-16(7-8-18(17)33-13)21(28)19-20(14-3-5-15(6-4-14)24(31)32-2)27(23(30)22(19)29)25-26-9-10-34-25/h3-10,12-13,20,28H,11H2,1-2H3/b21-19+. The van der Waals surface area contributed by atoms with Gasteiger partial charge in [-0.15, -0.1) is 11.3 Å². The quantitative estimate of drug-likeness (QED) is 0.264. The molecule has 3 aromatic rings. The number of aliphatic hydroxyl groups excluding tert-OH is 1. The monoisotopic (exact) mass is 476 g/mol. The van der Waals surface area contributed by atoms with Gasteiger partial charge < -0.3 is 14.6 Å². The first-order valence-electron chi connectivity index (χ1n) is 10.6. The Balaban J connectivity index is 1.65. The van der Waals surface area contributed by atoms with Crippen molar-refractivity contribution in [3.8, 4) is 5.75 Å². The summed E-state index contributed by atoms with van der Waals surface area (Å²) in [5.74, 6) is -1.63. The third-order valence-corrected chi connectivity index (χ3v) is 6.66. The van der Waals surface area contributed by atoms with Crippen molar-refractivity contribution < 1.29 is 29.0 Å². The number of rotatable bonds is 4. The molecule has 0 radical (unpaired) electrons. The Morgan fingerprint density at radius 3 is 2.59 bits per heavy atom. The summed E-state index contributed by atoms with van der Waals surface area (Å²) in [4.78, 5) is 43.6. The number of nitrogens with zero attached hydrogens (tertiary/aromatic N) is 2. The summed E-state index contributed by atoms with van der Waals surface area (Å²) in [6.45, 7) is 1.96. The van der Waals surface area contributed by atoms with E-state index in [0.29, 0.717) is 28.2 Å². The Kier molecular flexibility index (Phi) is 5.41. The van der Waals surface area contributed by atoms with Crippen LogP contribution in [0.4, 0.5) is 5.13 Å². The summed E-state index contributed by atoms with van der Waals surface area (Å²) < 4.78 is 10.5. The Morgan fingerprint density at radius 1 is 1.18 bits per heavy atom.